The van der Waals surface area contributed by atoms with Crippen molar-refractivity contribution in [2.75, 3.05) is 13.1 Å². The fourth-order valence-electron chi connectivity index (χ4n) is 3.18. The fraction of sp³-hybridized carbons (Fsp3) is 0.389. The minimum Gasteiger partial charge on any atom is -0.370 e. The Hall–Kier alpha value is -2.15. The summed E-state index contributed by atoms with van der Waals surface area (Å²) in [4.78, 5) is 25.6. The number of nitrogens with zero attached hydrogens (tertiary/aromatic N) is 3. The zero-order valence-electron chi connectivity index (χ0n) is 13.9. The molecule has 1 atom stereocenters. The van der Waals surface area contributed by atoms with Gasteiger partial charge >= 0.3 is 0 Å². The number of piperidine rings is 1. The molecule has 2 amide bonds. The van der Waals surface area contributed by atoms with Crippen LogP contribution in [0.4, 0.5) is 0 Å². The molecule has 3 rings (SSSR count). The van der Waals surface area contributed by atoms with Gasteiger partial charge in [0.25, 0.3) is 5.91 Å². The average molecular weight is 405 g/mol. The molecule has 1 aromatic heterocycles. The molecule has 0 spiro atoms. The molecule has 7 heteroatoms. The SMILES string of the molecule is NC(=O)CCC1CCCN(C(=O)c2cnn(-c3ccc(Br)cc3)c2)C1. The van der Waals surface area contributed by atoms with E-state index in [1.165, 1.54) is 0 Å². The highest BCUT2D eigenvalue weighted by atomic mass is 79.9. The molecule has 2 N–H and O–H groups in total. The normalized spacial score (nSPS) is 17.5. The smallest absolute Gasteiger partial charge is 0.257 e. The van der Waals surface area contributed by atoms with E-state index in [4.69, 9.17) is 5.73 Å². The van der Waals surface area contributed by atoms with Crippen molar-refractivity contribution in [3.8, 4) is 5.69 Å². The summed E-state index contributed by atoms with van der Waals surface area (Å²) < 4.78 is 2.70. The Morgan fingerprint density at radius 3 is 2.76 bits per heavy atom. The number of aromatic nitrogens is 2. The van der Waals surface area contributed by atoms with Gasteiger partial charge in [-0.2, -0.15) is 5.10 Å². The fourth-order valence-corrected chi connectivity index (χ4v) is 3.45. The van der Waals surface area contributed by atoms with Gasteiger partial charge in [-0.1, -0.05) is 15.9 Å². The lowest BCUT2D eigenvalue weighted by Gasteiger charge is -2.32. The quantitative estimate of drug-likeness (QED) is 0.831. The molecule has 1 saturated heterocycles. The van der Waals surface area contributed by atoms with Gasteiger partial charge in [0.05, 0.1) is 17.4 Å². The van der Waals surface area contributed by atoms with Crippen LogP contribution in [0, 0.1) is 5.92 Å². The Balaban J connectivity index is 1.66. The molecule has 0 radical (unpaired) electrons. The highest BCUT2D eigenvalue weighted by Gasteiger charge is 2.25. The first kappa shape index (κ1) is 17.7. The summed E-state index contributed by atoms with van der Waals surface area (Å²) in [6.07, 6.45) is 6.49. The van der Waals surface area contributed by atoms with Crippen molar-refractivity contribution in [3.63, 3.8) is 0 Å². The standard InChI is InChI=1S/C18H21BrN4O2/c19-15-4-6-16(7-5-15)23-12-14(10-21-23)18(25)22-9-1-2-13(11-22)3-8-17(20)24/h4-7,10,12-13H,1-3,8-9,11H2,(H2,20,24). The van der Waals surface area contributed by atoms with Crippen molar-refractivity contribution >= 4 is 27.7 Å². The molecule has 1 aliphatic rings. The molecule has 0 saturated carbocycles. The zero-order valence-corrected chi connectivity index (χ0v) is 15.5. The van der Waals surface area contributed by atoms with Crippen LogP contribution in [0.1, 0.15) is 36.0 Å². The molecule has 1 aromatic carbocycles. The molecule has 6 nitrogen and oxygen atoms in total. The second kappa shape index (κ2) is 7.82. The van der Waals surface area contributed by atoms with Crippen LogP contribution in [-0.2, 0) is 4.79 Å². The van der Waals surface area contributed by atoms with Crippen molar-refractivity contribution in [1.82, 2.24) is 14.7 Å². The second-order valence-electron chi connectivity index (χ2n) is 6.41. The van der Waals surface area contributed by atoms with Crippen LogP contribution in [0.15, 0.2) is 41.1 Å². The molecule has 1 unspecified atom stereocenters. The maximum atomic E-state index is 12.8. The number of halogens is 1. The molecule has 2 heterocycles. The van der Waals surface area contributed by atoms with Gasteiger partial charge in [0.2, 0.25) is 5.91 Å². The Kier molecular flexibility index (Phi) is 5.53. The number of benzene rings is 1. The van der Waals surface area contributed by atoms with Crippen molar-refractivity contribution in [2.24, 2.45) is 11.7 Å². The van der Waals surface area contributed by atoms with Crippen LogP contribution in [0.25, 0.3) is 5.69 Å². The Labute approximate surface area is 155 Å². The Bertz CT molecular complexity index is 757. The van der Waals surface area contributed by atoms with Gasteiger partial charge in [-0.25, -0.2) is 4.68 Å². The van der Waals surface area contributed by atoms with E-state index in [9.17, 15) is 9.59 Å². The maximum absolute atomic E-state index is 12.8. The van der Waals surface area contributed by atoms with Crippen LogP contribution >= 0.6 is 15.9 Å². The van der Waals surface area contributed by atoms with E-state index in [1.807, 2.05) is 29.2 Å². The number of rotatable bonds is 5. The number of primary amides is 1. The van der Waals surface area contributed by atoms with E-state index >= 15 is 0 Å². The molecule has 0 bridgehead atoms. The van der Waals surface area contributed by atoms with Crippen LogP contribution < -0.4 is 5.73 Å². The summed E-state index contributed by atoms with van der Waals surface area (Å²) in [5.41, 5.74) is 6.71. The van der Waals surface area contributed by atoms with Crippen molar-refractivity contribution in [1.29, 1.82) is 0 Å². The maximum Gasteiger partial charge on any atom is 0.257 e. The van der Waals surface area contributed by atoms with Crippen molar-refractivity contribution < 1.29 is 9.59 Å². The molecule has 1 aliphatic heterocycles. The van der Waals surface area contributed by atoms with Crippen LogP contribution in [0.5, 0.6) is 0 Å². The minimum atomic E-state index is -0.278. The van der Waals surface area contributed by atoms with Gasteiger partial charge in [-0.15, -0.1) is 0 Å². The van der Waals surface area contributed by atoms with E-state index in [0.717, 1.165) is 36.0 Å². The molecule has 132 valence electrons. The summed E-state index contributed by atoms with van der Waals surface area (Å²) in [5.74, 6) is 0.0538. The van der Waals surface area contributed by atoms with E-state index < -0.39 is 0 Å². The van der Waals surface area contributed by atoms with E-state index in [-0.39, 0.29) is 11.8 Å². The van der Waals surface area contributed by atoms with Gasteiger partial charge in [-0.05, 0) is 49.4 Å². The van der Waals surface area contributed by atoms with Crippen LogP contribution in [0.3, 0.4) is 0 Å². The summed E-state index contributed by atoms with van der Waals surface area (Å²) in [6.45, 7) is 1.42. The molecule has 1 fully saturated rings. The molecular formula is C18H21BrN4O2. The van der Waals surface area contributed by atoms with Gasteiger partial charge < -0.3 is 10.6 Å². The lowest BCUT2D eigenvalue weighted by atomic mass is 9.93. The first-order valence-electron chi connectivity index (χ1n) is 8.41. The summed E-state index contributed by atoms with van der Waals surface area (Å²) in [5, 5.41) is 4.30. The van der Waals surface area contributed by atoms with Gasteiger partial charge in [-0.3, -0.25) is 9.59 Å². The number of carbonyl (C=O) groups excluding carboxylic acids is 2. The number of hydrogen-bond donors (Lipinski definition) is 1. The lowest BCUT2D eigenvalue weighted by molar-refractivity contribution is -0.118. The lowest BCUT2D eigenvalue weighted by Crippen LogP contribution is -2.40. The van der Waals surface area contributed by atoms with Crippen molar-refractivity contribution in [2.45, 2.75) is 25.7 Å². The summed E-state index contributed by atoms with van der Waals surface area (Å²) in [6, 6.07) is 7.75. The predicted octanol–water partition coefficient (Wildman–Crippen LogP) is 2.75. The number of nitrogens with two attached hydrogens (primary N) is 1. The van der Waals surface area contributed by atoms with Crippen LogP contribution in [0.2, 0.25) is 0 Å². The third-order valence-electron chi connectivity index (χ3n) is 4.53. The highest BCUT2D eigenvalue weighted by Crippen LogP contribution is 2.22. The van der Waals surface area contributed by atoms with Gasteiger partial charge in [0, 0.05) is 30.2 Å². The largest absolute Gasteiger partial charge is 0.370 e. The molecule has 0 aliphatic carbocycles. The molecular weight excluding hydrogens is 384 g/mol. The third-order valence-corrected chi connectivity index (χ3v) is 5.05. The minimum absolute atomic E-state index is 0.00728. The average Bonchev–Trinajstić information content (AvgIpc) is 3.10. The third kappa shape index (κ3) is 4.48. The second-order valence-corrected chi connectivity index (χ2v) is 7.33. The van der Waals surface area contributed by atoms with E-state index in [2.05, 4.69) is 21.0 Å². The number of hydrogen-bond acceptors (Lipinski definition) is 3. The number of likely N-dealkylation sites (tertiary alicyclic amines) is 1. The summed E-state index contributed by atoms with van der Waals surface area (Å²) in [7, 11) is 0. The first-order chi connectivity index (χ1) is 12.0. The summed E-state index contributed by atoms with van der Waals surface area (Å²) >= 11 is 3.41. The van der Waals surface area contributed by atoms with E-state index in [0.29, 0.717) is 24.4 Å². The molecule has 25 heavy (non-hydrogen) atoms. The van der Waals surface area contributed by atoms with Crippen molar-refractivity contribution in [3.05, 3.63) is 46.7 Å². The predicted molar refractivity (Wildman–Crippen MR) is 98.3 cm³/mol. The topological polar surface area (TPSA) is 81.2 Å². The van der Waals surface area contributed by atoms with Gasteiger partial charge in [0.15, 0.2) is 0 Å². The number of amides is 2. The zero-order chi connectivity index (χ0) is 17.8. The van der Waals surface area contributed by atoms with E-state index in [1.54, 1.807) is 17.1 Å². The molecule has 2 aromatic rings. The van der Waals surface area contributed by atoms with Crippen LogP contribution in [-0.4, -0.2) is 39.6 Å². The monoisotopic (exact) mass is 404 g/mol. The Morgan fingerprint density at radius 1 is 1.28 bits per heavy atom. The first-order valence-corrected chi connectivity index (χ1v) is 9.20. The number of carbonyl (C=O) groups is 2. The Morgan fingerprint density at radius 2 is 2.04 bits per heavy atom. The highest BCUT2D eigenvalue weighted by molar-refractivity contribution is 9.10. The van der Waals surface area contributed by atoms with Gasteiger partial charge in [0.1, 0.15) is 0 Å².